The number of benzene rings is 1. The summed E-state index contributed by atoms with van der Waals surface area (Å²) in [5, 5.41) is 0. The maximum atomic E-state index is 12.6. The summed E-state index contributed by atoms with van der Waals surface area (Å²) in [6.45, 7) is 4.30. The quantitative estimate of drug-likeness (QED) is 0.801. The standard InChI is InChI=1S/C21H26N2O3/c1-17-7-5-11-21(25)23(17)14-12-20(24)22-13-6-10-19(15-22)26-16-18-8-3-2-4-9-18/h2-5,7-9,11,19H,6,10,12-16H2,1H3/t19-/m1/s1. The van der Waals surface area contributed by atoms with Crippen molar-refractivity contribution in [3.05, 3.63) is 70.1 Å². The Morgan fingerprint density at radius 3 is 2.73 bits per heavy atom. The molecule has 1 aliphatic heterocycles. The van der Waals surface area contributed by atoms with Crippen LogP contribution in [0.25, 0.3) is 0 Å². The minimum absolute atomic E-state index is 0.0551. The van der Waals surface area contributed by atoms with Gasteiger partial charge in [0, 0.05) is 37.8 Å². The zero-order valence-electron chi connectivity index (χ0n) is 15.3. The van der Waals surface area contributed by atoms with Crippen LogP contribution in [0.4, 0.5) is 0 Å². The Kier molecular flexibility index (Phi) is 6.23. The normalized spacial score (nSPS) is 17.3. The van der Waals surface area contributed by atoms with Gasteiger partial charge in [-0.05, 0) is 31.4 Å². The van der Waals surface area contributed by atoms with E-state index >= 15 is 0 Å². The number of hydrogen-bond acceptors (Lipinski definition) is 3. The van der Waals surface area contributed by atoms with E-state index in [2.05, 4.69) is 0 Å². The number of carbonyl (C=O) groups is 1. The Hall–Kier alpha value is -2.40. The SMILES string of the molecule is Cc1cccc(=O)n1CCC(=O)N1CCC[C@@H](OCc2ccccc2)C1. The number of ether oxygens (including phenoxy) is 1. The second kappa shape index (κ2) is 8.81. The van der Waals surface area contributed by atoms with Crippen molar-refractivity contribution < 1.29 is 9.53 Å². The molecule has 1 aromatic carbocycles. The summed E-state index contributed by atoms with van der Waals surface area (Å²) in [4.78, 5) is 26.4. The molecule has 0 N–H and O–H groups in total. The molecule has 3 rings (SSSR count). The number of amides is 1. The lowest BCUT2D eigenvalue weighted by Gasteiger charge is -2.33. The Morgan fingerprint density at radius 1 is 1.15 bits per heavy atom. The number of aryl methyl sites for hydroxylation is 1. The van der Waals surface area contributed by atoms with Gasteiger partial charge in [0.2, 0.25) is 5.91 Å². The van der Waals surface area contributed by atoms with E-state index < -0.39 is 0 Å². The van der Waals surface area contributed by atoms with E-state index in [9.17, 15) is 9.59 Å². The molecule has 5 nitrogen and oxygen atoms in total. The fourth-order valence-electron chi connectivity index (χ4n) is 3.36. The van der Waals surface area contributed by atoms with Gasteiger partial charge in [0.05, 0.1) is 12.7 Å². The van der Waals surface area contributed by atoms with Crippen molar-refractivity contribution in [1.82, 2.24) is 9.47 Å². The van der Waals surface area contributed by atoms with Crippen molar-refractivity contribution >= 4 is 5.91 Å². The van der Waals surface area contributed by atoms with Crippen molar-refractivity contribution in [2.24, 2.45) is 0 Å². The number of carbonyl (C=O) groups excluding carboxylic acids is 1. The van der Waals surface area contributed by atoms with Crippen LogP contribution in [0.2, 0.25) is 0 Å². The van der Waals surface area contributed by atoms with Crippen LogP contribution in [0.3, 0.4) is 0 Å². The zero-order chi connectivity index (χ0) is 18.4. The van der Waals surface area contributed by atoms with Gasteiger partial charge in [-0.3, -0.25) is 9.59 Å². The van der Waals surface area contributed by atoms with Gasteiger partial charge in [-0.15, -0.1) is 0 Å². The molecule has 138 valence electrons. The van der Waals surface area contributed by atoms with Gasteiger partial charge in [0.15, 0.2) is 0 Å². The molecule has 1 aromatic heterocycles. The molecule has 0 unspecified atom stereocenters. The first kappa shape index (κ1) is 18.4. The van der Waals surface area contributed by atoms with E-state index in [1.807, 2.05) is 48.2 Å². The molecule has 2 aromatic rings. The largest absolute Gasteiger partial charge is 0.372 e. The van der Waals surface area contributed by atoms with Gasteiger partial charge in [-0.25, -0.2) is 0 Å². The maximum absolute atomic E-state index is 12.6. The first-order chi connectivity index (χ1) is 12.6. The van der Waals surface area contributed by atoms with Crippen LogP contribution < -0.4 is 5.56 Å². The van der Waals surface area contributed by atoms with E-state index in [1.165, 1.54) is 6.07 Å². The molecule has 1 fully saturated rings. The lowest BCUT2D eigenvalue weighted by Crippen LogP contribution is -2.43. The molecule has 1 amide bonds. The van der Waals surface area contributed by atoms with Crippen LogP contribution in [-0.2, 0) is 22.7 Å². The molecular weight excluding hydrogens is 328 g/mol. The molecule has 1 saturated heterocycles. The number of nitrogens with zero attached hydrogens (tertiary/aromatic N) is 2. The fourth-order valence-corrected chi connectivity index (χ4v) is 3.36. The number of pyridine rings is 1. The van der Waals surface area contributed by atoms with Gasteiger partial charge in [0.25, 0.3) is 5.56 Å². The Balaban J connectivity index is 1.50. The number of rotatable bonds is 6. The Morgan fingerprint density at radius 2 is 1.96 bits per heavy atom. The molecule has 5 heteroatoms. The van der Waals surface area contributed by atoms with Crippen LogP contribution in [0.1, 0.15) is 30.5 Å². The summed E-state index contributed by atoms with van der Waals surface area (Å²) in [7, 11) is 0. The van der Waals surface area contributed by atoms with E-state index in [1.54, 1.807) is 10.6 Å². The van der Waals surface area contributed by atoms with Gasteiger partial charge in [-0.1, -0.05) is 36.4 Å². The second-order valence-corrected chi connectivity index (χ2v) is 6.81. The average Bonchev–Trinajstić information content (AvgIpc) is 2.67. The minimum Gasteiger partial charge on any atom is -0.372 e. The summed E-state index contributed by atoms with van der Waals surface area (Å²) >= 11 is 0. The van der Waals surface area contributed by atoms with E-state index in [0.717, 1.165) is 30.6 Å². The van der Waals surface area contributed by atoms with Crippen molar-refractivity contribution in [1.29, 1.82) is 0 Å². The third-order valence-corrected chi connectivity index (χ3v) is 4.88. The predicted octanol–water partition coefficient (Wildman–Crippen LogP) is 2.75. The summed E-state index contributed by atoms with van der Waals surface area (Å²) in [5.74, 6) is 0.0909. The molecule has 2 heterocycles. The zero-order valence-corrected chi connectivity index (χ0v) is 15.3. The van der Waals surface area contributed by atoms with Crippen molar-refractivity contribution in [3.8, 4) is 0 Å². The smallest absolute Gasteiger partial charge is 0.250 e. The summed E-state index contributed by atoms with van der Waals surface area (Å²) in [6, 6.07) is 15.3. The molecular formula is C21H26N2O3. The molecule has 0 spiro atoms. The molecule has 1 atom stereocenters. The average molecular weight is 354 g/mol. The molecule has 1 aliphatic rings. The number of hydrogen-bond donors (Lipinski definition) is 0. The van der Waals surface area contributed by atoms with Gasteiger partial charge < -0.3 is 14.2 Å². The summed E-state index contributed by atoms with van der Waals surface area (Å²) in [5.41, 5.74) is 1.98. The van der Waals surface area contributed by atoms with Crippen molar-refractivity contribution in [3.63, 3.8) is 0 Å². The fraction of sp³-hybridized carbons (Fsp3) is 0.429. The second-order valence-electron chi connectivity index (χ2n) is 6.81. The Bertz CT molecular complexity index is 785. The lowest BCUT2D eigenvalue weighted by atomic mass is 10.1. The number of piperidine rings is 1. The van der Waals surface area contributed by atoms with Crippen molar-refractivity contribution in [2.75, 3.05) is 13.1 Å². The molecule has 26 heavy (non-hydrogen) atoms. The van der Waals surface area contributed by atoms with Crippen molar-refractivity contribution in [2.45, 2.75) is 45.4 Å². The maximum Gasteiger partial charge on any atom is 0.250 e. The highest BCUT2D eigenvalue weighted by Crippen LogP contribution is 2.16. The van der Waals surface area contributed by atoms with Crippen LogP contribution >= 0.6 is 0 Å². The van der Waals surface area contributed by atoms with Gasteiger partial charge in [0.1, 0.15) is 0 Å². The molecule has 0 saturated carbocycles. The third-order valence-electron chi connectivity index (χ3n) is 4.88. The highest BCUT2D eigenvalue weighted by molar-refractivity contribution is 5.76. The first-order valence-electron chi connectivity index (χ1n) is 9.23. The molecule has 0 bridgehead atoms. The Labute approximate surface area is 154 Å². The van der Waals surface area contributed by atoms with E-state index in [4.69, 9.17) is 4.74 Å². The third kappa shape index (κ3) is 4.82. The lowest BCUT2D eigenvalue weighted by molar-refractivity contribution is -0.135. The van der Waals surface area contributed by atoms with Crippen LogP contribution in [0, 0.1) is 6.92 Å². The number of aromatic nitrogens is 1. The van der Waals surface area contributed by atoms with Crippen LogP contribution in [0.15, 0.2) is 53.3 Å². The highest BCUT2D eigenvalue weighted by atomic mass is 16.5. The molecule has 0 radical (unpaired) electrons. The summed E-state index contributed by atoms with van der Waals surface area (Å²) in [6.07, 6.45) is 2.36. The first-order valence-corrected chi connectivity index (χ1v) is 9.23. The molecule has 0 aliphatic carbocycles. The number of likely N-dealkylation sites (tertiary alicyclic amines) is 1. The monoisotopic (exact) mass is 354 g/mol. The van der Waals surface area contributed by atoms with E-state index in [0.29, 0.717) is 26.1 Å². The van der Waals surface area contributed by atoms with Gasteiger partial charge >= 0.3 is 0 Å². The van der Waals surface area contributed by atoms with Gasteiger partial charge in [-0.2, -0.15) is 0 Å². The predicted molar refractivity (Wildman–Crippen MR) is 101 cm³/mol. The topological polar surface area (TPSA) is 51.5 Å². The van der Waals surface area contributed by atoms with E-state index in [-0.39, 0.29) is 17.6 Å². The highest BCUT2D eigenvalue weighted by Gasteiger charge is 2.24. The van der Waals surface area contributed by atoms with Crippen LogP contribution in [0.5, 0.6) is 0 Å². The van der Waals surface area contributed by atoms with Crippen LogP contribution in [-0.4, -0.2) is 34.6 Å². The minimum atomic E-state index is -0.0551. The summed E-state index contributed by atoms with van der Waals surface area (Å²) < 4.78 is 7.66.